The van der Waals surface area contributed by atoms with Crippen molar-refractivity contribution in [1.82, 2.24) is 4.72 Å². The molecule has 0 heterocycles. The van der Waals surface area contributed by atoms with Gasteiger partial charge in [-0.3, -0.25) is 0 Å². The zero-order valence-corrected chi connectivity index (χ0v) is 10.5. The Hall–Kier alpha value is -1.40. The molecule has 1 aromatic carbocycles. The standard InChI is InChI=1S/C11H15FN2O2S/c1-4-8(3)14-17(15,16)9-5-7(2)11(12)10(13)6-9/h4-6,8,14H,1,13H2,2-3H3. The molecule has 3 N–H and O–H groups in total. The maximum Gasteiger partial charge on any atom is 0.241 e. The molecule has 0 aliphatic heterocycles. The van der Waals surface area contributed by atoms with Gasteiger partial charge in [0.15, 0.2) is 0 Å². The van der Waals surface area contributed by atoms with Gasteiger partial charge in [-0.25, -0.2) is 17.5 Å². The number of nitrogen functional groups attached to an aromatic ring is 1. The number of hydrogen-bond donors (Lipinski definition) is 2. The van der Waals surface area contributed by atoms with Gasteiger partial charge in [-0.05, 0) is 31.5 Å². The molecule has 0 saturated carbocycles. The van der Waals surface area contributed by atoms with Crippen molar-refractivity contribution in [3.8, 4) is 0 Å². The lowest BCUT2D eigenvalue weighted by Gasteiger charge is -2.12. The average Bonchev–Trinajstić information content (AvgIpc) is 2.24. The number of nitrogens with two attached hydrogens (primary N) is 1. The van der Waals surface area contributed by atoms with Crippen LogP contribution in [-0.4, -0.2) is 14.5 Å². The summed E-state index contributed by atoms with van der Waals surface area (Å²) in [4.78, 5) is -0.0531. The molecule has 94 valence electrons. The van der Waals surface area contributed by atoms with E-state index in [0.717, 1.165) is 6.07 Å². The summed E-state index contributed by atoms with van der Waals surface area (Å²) in [5.74, 6) is -0.597. The minimum absolute atomic E-state index is 0.0531. The van der Waals surface area contributed by atoms with Crippen LogP contribution in [0.25, 0.3) is 0 Å². The molecule has 0 aliphatic carbocycles. The maximum absolute atomic E-state index is 13.3. The number of hydrogen-bond acceptors (Lipinski definition) is 3. The lowest BCUT2D eigenvalue weighted by atomic mass is 10.2. The lowest BCUT2D eigenvalue weighted by molar-refractivity contribution is 0.575. The Morgan fingerprint density at radius 2 is 2.12 bits per heavy atom. The highest BCUT2D eigenvalue weighted by atomic mass is 32.2. The van der Waals surface area contributed by atoms with Gasteiger partial charge in [0.2, 0.25) is 10.0 Å². The Labute approximate surface area is 100 Å². The van der Waals surface area contributed by atoms with Crippen LogP contribution in [0.2, 0.25) is 0 Å². The molecule has 0 amide bonds. The topological polar surface area (TPSA) is 72.2 Å². The van der Waals surface area contributed by atoms with E-state index >= 15 is 0 Å². The highest BCUT2D eigenvalue weighted by molar-refractivity contribution is 7.89. The fraction of sp³-hybridized carbons (Fsp3) is 0.273. The van der Waals surface area contributed by atoms with Crippen molar-refractivity contribution < 1.29 is 12.8 Å². The molecule has 0 bridgehead atoms. The Bertz CT molecular complexity index is 517. The Balaban J connectivity index is 3.21. The number of nitrogens with one attached hydrogen (secondary N) is 1. The van der Waals surface area contributed by atoms with Gasteiger partial charge in [-0.15, -0.1) is 6.58 Å². The number of sulfonamides is 1. The number of halogens is 1. The first-order chi connectivity index (χ1) is 7.77. The van der Waals surface area contributed by atoms with Gasteiger partial charge in [-0.2, -0.15) is 0 Å². The predicted octanol–water partition coefficient (Wildman–Crippen LogP) is 1.57. The monoisotopic (exact) mass is 258 g/mol. The van der Waals surface area contributed by atoms with Crippen molar-refractivity contribution in [1.29, 1.82) is 0 Å². The average molecular weight is 258 g/mol. The fourth-order valence-electron chi connectivity index (χ4n) is 1.28. The van der Waals surface area contributed by atoms with E-state index in [4.69, 9.17) is 5.73 Å². The Kier molecular flexibility index (Phi) is 3.90. The van der Waals surface area contributed by atoms with Crippen LogP contribution in [0.4, 0.5) is 10.1 Å². The van der Waals surface area contributed by atoms with E-state index in [1.165, 1.54) is 19.1 Å². The molecule has 1 atom stereocenters. The summed E-state index contributed by atoms with van der Waals surface area (Å²) in [5, 5.41) is 0. The summed E-state index contributed by atoms with van der Waals surface area (Å²) < 4.78 is 39.4. The van der Waals surface area contributed by atoms with Crippen LogP contribution < -0.4 is 10.5 Å². The number of rotatable bonds is 4. The third-order valence-electron chi connectivity index (χ3n) is 2.26. The van der Waals surface area contributed by atoms with Crippen LogP contribution >= 0.6 is 0 Å². The minimum Gasteiger partial charge on any atom is -0.396 e. The van der Waals surface area contributed by atoms with Crippen LogP contribution in [0.3, 0.4) is 0 Å². The van der Waals surface area contributed by atoms with Crippen LogP contribution in [0.5, 0.6) is 0 Å². The van der Waals surface area contributed by atoms with E-state index in [1.54, 1.807) is 6.92 Å². The Morgan fingerprint density at radius 1 is 1.53 bits per heavy atom. The van der Waals surface area contributed by atoms with Crippen molar-refractivity contribution in [2.45, 2.75) is 24.8 Å². The van der Waals surface area contributed by atoms with Crippen LogP contribution in [-0.2, 0) is 10.0 Å². The molecule has 0 radical (unpaired) electrons. The van der Waals surface area contributed by atoms with Crippen molar-refractivity contribution in [2.24, 2.45) is 0 Å². The molecule has 0 aliphatic rings. The first kappa shape index (κ1) is 13.7. The van der Waals surface area contributed by atoms with Gasteiger partial charge in [0, 0.05) is 6.04 Å². The summed E-state index contributed by atoms with van der Waals surface area (Å²) in [7, 11) is -3.70. The van der Waals surface area contributed by atoms with Crippen molar-refractivity contribution >= 4 is 15.7 Å². The van der Waals surface area contributed by atoms with E-state index < -0.39 is 21.9 Å². The van der Waals surface area contributed by atoms with Crippen molar-refractivity contribution in [2.75, 3.05) is 5.73 Å². The van der Waals surface area contributed by atoms with Crippen molar-refractivity contribution in [3.63, 3.8) is 0 Å². The van der Waals surface area contributed by atoms with E-state index in [2.05, 4.69) is 11.3 Å². The molecule has 0 fully saturated rings. The molecule has 1 unspecified atom stereocenters. The minimum atomic E-state index is -3.70. The zero-order valence-electron chi connectivity index (χ0n) is 9.70. The zero-order chi connectivity index (χ0) is 13.2. The SMILES string of the molecule is C=CC(C)NS(=O)(=O)c1cc(C)c(F)c(N)c1. The number of aryl methyl sites for hydroxylation is 1. The molecule has 0 spiro atoms. The summed E-state index contributed by atoms with van der Waals surface area (Å²) >= 11 is 0. The summed E-state index contributed by atoms with van der Waals surface area (Å²) in [5.41, 5.74) is 5.40. The van der Waals surface area contributed by atoms with Gasteiger partial charge < -0.3 is 5.73 Å². The Morgan fingerprint density at radius 3 is 2.59 bits per heavy atom. The van der Waals surface area contributed by atoms with E-state index in [9.17, 15) is 12.8 Å². The molecular formula is C11H15FN2O2S. The third-order valence-corrected chi connectivity index (χ3v) is 3.80. The van der Waals surface area contributed by atoms with E-state index in [1.807, 2.05) is 0 Å². The quantitative estimate of drug-likeness (QED) is 0.636. The summed E-state index contributed by atoms with van der Waals surface area (Å²) in [6.45, 7) is 6.58. The van der Waals surface area contributed by atoms with Crippen LogP contribution in [0.1, 0.15) is 12.5 Å². The second-order valence-electron chi connectivity index (χ2n) is 3.79. The normalized spacial score (nSPS) is 13.4. The van der Waals surface area contributed by atoms with E-state index in [-0.39, 0.29) is 16.1 Å². The molecule has 17 heavy (non-hydrogen) atoms. The first-order valence-electron chi connectivity index (χ1n) is 4.98. The van der Waals surface area contributed by atoms with Crippen LogP contribution in [0, 0.1) is 12.7 Å². The molecule has 0 saturated heterocycles. The molecule has 1 aromatic rings. The highest BCUT2D eigenvalue weighted by Gasteiger charge is 2.18. The van der Waals surface area contributed by atoms with Gasteiger partial charge in [0.1, 0.15) is 5.82 Å². The van der Waals surface area contributed by atoms with Gasteiger partial charge in [0.25, 0.3) is 0 Å². The van der Waals surface area contributed by atoms with Crippen LogP contribution in [0.15, 0.2) is 29.7 Å². The first-order valence-corrected chi connectivity index (χ1v) is 6.46. The molecule has 0 aromatic heterocycles. The molecule has 4 nitrogen and oxygen atoms in total. The third kappa shape index (κ3) is 3.04. The second kappa shape index (κ2) is 4.85. The van der Waals surface area contributed by atoms with Gasteiger partial charge in [-0.1, -0.05) is 6.08 Å². The smallest absolute Gasteiger partial charge is 0.241 e. The summed E-state index contributed by atoms with van der Waals surface area (Å²) in [6, 6.07) is 1.93. The molecule has 6 heteroatoms. The second-order valence-corrected chi connectivity index (χ2v) is 5.50. The van der Waals surface area contributed by atoms with Crippen molar-refractivity contribution in [3.05, 3.63) is 36.2 Å². The van der Waals surface area contributed by atoms with Gasteiger partial charge >= 0.3 is 0 Å². The summed E-state index contributed by atoms with van der Waals surface area (Å²) in [6.07, 6.45) is 1.46. The largest absolute Gasteiger partial charge is 0.396 e. The predicted molar refractivity (Wildman–Crippen MR) is 65.5 cm³/mol. The van der Waals surface area contributed by atoms with E-state index in [0.29, 0.717) is 0 Å². The highest BCUT2D eigenvalue weighted by Crippen LogP contribution is 2.20. The molecular weight excluding hydrogens is 243 g/mol. The lowest BCUT2D eigenvalue weighted by Crippen LogP contribution is -2.31. The molecule has 1 rings (SSSR count). The number of benzene rings is 1. The fourth-order valence-corrected chi connectivity index (χ4v) is 2.61. The van der Waals surface area contributed by atoms with Gasteiger partial charge in [0.05, 0.1) is 10.6 Å². The number of anilines is 1. The maximum atomic E-state index is 13.3.